The summed E-state index contributed by atoms with van der Waals surface area (Å²) in [5.41, 5.74) is 3.65. The number of carbonyl (C=O) groups is 1. The summed E-state index contributed by atoms with van der Waals surface area (Å²) in [5.74, 6) is 2.55. The fourth-order valence-corrected chi connectivity index (χ4v) is 11.8. The maximum atomic E-state index is 14.0. The normalized spacial score (nSPS) is 21.7. The third kappa shape index (κ3) is 8.42. The lowest BCUT2D eigenvalue weighted by molar-refractivity contribution is -0.109. The lowest BCUT2D eigenvalue weighted by atomic mass is 9.85. The van der Waals surface area contributed by atoms with E-state index in [-0.39, 0.29) is 17.1 Å². The molecule has 4 atom stereocenters. The van der Waals surface area contributed by atoms with Crippen LogP contribution in [0.1, 0.15) is 95.9 Å². The van der Waals surface area contributed by atoms with Crippen LogP contribution < -0.4 is 15.5 Å². The van der Waals surface area contributed by atoms with Gasteiger partial charge in [-0.3, -0.25) is 10.2 Å². The summed E-state index contributed by atoms with van der Waals surface area (Å²) in [6, 6.07) is 9.51. The van der Waals surface area contributed by atoms with Crippen molar-refractivity contribution in [2.75, 3.05) is 42.9 Å². The Morgan fingerprint density at radius 1 is 1.08 bits per heavy atom. The van der Waals surface area contributed by atoms with Crippen molar-refractivity contribution in [3.05, 3.63) is 40.7 Å². The van der Waals surface area contributed by atoms with Crippen LogP contribution in [0, 0.1) is 29.1 Å². The third-order valence-corrected chi connectivity index (χ3v) is 21.9. The van der Waals surface area contributed by atoms with Gasteiger partial charge in [0.1, 0.15) is 23.4 Å². The Bertz CT molecular complexity index is 1590. The average Bonchev–Trinajstić information content (AvgIpc) is 3.74. The summed E-state index contributed by atoms with van der Waals surface area (Å²) in [4.78, 5) is 25.2. The van der Waals surface area contributed by atoms with Crippen LogP contribution in [0.5, 0.6) is 0 Å². The number of anilines is 3. The van der Waals surface area contributed by atoms with E-state index in [1.54, 1.807) is 31.4 Å². The average molecular weight is 751 g/mol. The lowest BCUT2D eigenvalue weighted by Crippen LogP contribution is -2.43. The zero-order valence-corrected chi connectivity index (χ0v) is 35.2. The molecule has 11 nitrogen and oxygen atoms in total. The van der Waals surface area contributed by atoms with Gasteiger partial charge in [-0.2, -0.15) is 5.26 Å². The molecule has 2 aromatic rings. The molecule has 2 saturated carbocycles. The molecule has 2 bridgehead atoms. The molecule has 3 aliphatic rings. The van der Waals surface area contributed by atoms with E-state index in [1.165, 1.54) is 19.3 Å². The highest BCUT2D eigenvalue weighted by Gasteiger charge is 2.48. The van der Waals surface area contributed by atoms with Gasteiger partial charge in [0.25, 0.3) is 0 Å². The second kappa shape index (κ2) is 16.7. The van der Waals surface area contributed by atoms with Crippen LogP contribution in [0.2, 0.25) is 36.3 Å². The Labute approximate surface area is 313 Å². The molecule has 13 heteroatoms. The topological polar surface area (TPSA) is 131 Å². The number of amides is 2. The number of nitrogens with one attached hydrogen (secondary N) is 2. The van der Waals surface area contributed by atoms with Crippen molar-refractivity contribution in [3.63, 3.8) is 0 Å². The Hall–Kier alpha value is -2.87. The van der Waals surface area contributed by atoms with Gasteiger partial charge in [-0.25, -0.2) is 14.8 Å². The highest BCUT2D eigenvalue weighted by molar-refractivity contribution is 6.74. The maximum absolute atomic E-state index is 14.0. The molecule has 286 valence electrons. The molecule has 2 amide bonds. The molecule has 0 unspecified atom stereocenters. The first-order chi connectivity index (χ1) is 24.7. The molecular formula is C39H62N6O5Si2. The number of rotatable bonds is 15. The SMILES string of the molecule is CC[Si](CC)(CC)OC[C@H]1[C@@H]2CC[C@@H](C2)[C@H]1Nc1cc(NC(=O)N2CCCc3cc(CO[Si](C)(C)C(C)(C)C)c(C(OC)OC)nc32)ncc1C#N. The van der Waals surface area contributed by atoms with Gasteiger partial charge < -0.3 is 23.6 Å². The van der Waals surface area contributed by atoms with Crippen molar-refractivity contribution in [1.82, 2.24) is 9.97 Å². The van der Waals surface area contributed by atoms with Crippen molar-refractivity contribution in [2.45, 2.75) is 129 Å². The maximum Gasteiger partial charge on any atom is 0.328 e. The zero-order chi connectivity index (χ0) is 37.8. The predicted octanol–water partition coefficient (Wildman–Crippen LogP) is 8.99. The molecule has 2 aromatic heterocycles. The van der Waals surface area contributed by atoms with Crippen LogP contribution in [0.15, 0.2) is 18.3 Å². The molecule has 1 aliphatic heterocycles. The summed E-state index contributed by atoms with van der Waals surface area (Å²) in [6.07, 6.45) is 6.05. The Morgan fingerprint density at radius 3 is 2.40 bits per heavy atom. The largest absolute Gasteiger partial charge is 0.416 e. The second-order valence-corrected chi connectivity index (χ2v) is 26.1. The molecule has 0 radical (unpaired) electrons. The van der Waals surface area contributed by atoms with Crippen molar-refractivity contribution >= 4 is 40.0 Å². The molecular weight excluding hydrogens is 689 g/mol. The highest BCUT2D eigenvalue weighted by Crippen LogP contribution is 2.50. The Kier molecular flexibility index (Phi) is 12.9. The number of urea groups is 1. The van der Waals surface area contributed by atoms with Gasteiger partial charge in [-0.05, 0) is 91.8 Å². The number of hydrogen-bond acceptors (Lipinski definition) is 9. The van der Waals surface area contributed by atoms with Gasteiger partial charge in [0, 0.05) is 57.2 Å². The van der Waals surface area contributed by atoms with Gasteiger partial charge in [0.2, 0.25) is 6.29 Å². The predicted molar refractivity (Wildman–Crippen MR) is 212 cm³/mol. The third-order valence-electron chi connectivity index (χ3n) is 12.8. The number of methoxy groups -OCH3 is 2. The number of nitrogens with zero attached hydrogens (tertiary/aromatic N) is 4. The first kappa shape index (κ1) is 40.3. The number of carbonyl (C=O) groups excluding carboxylic acids is 1. The Balaban J connectivity index is 1.37. The second-order valence-electron chi connectivity index (χ2n) is 16.5. The molecule has 0 spiro atoms. The molecule has 52 heavy (non-hydrogen) atoms. The molecule has 2 aliphatic carbocycles. The van der Waals surface area contributed by atoms with Crippen LogP contribution >= 0.6 is 0 Å². The van der Waals surface area contributed by atoms with E-state index in [0.29, 0.717) is 59.5 Å². The minimum Gasteiger partial charge on any atom is -0.416 e. The fourth-order valence-electron chi connectivity index (χ4n) is 8.16. The molecule has 3 heterocycles. The van der Waals surface area contributed by atoms with Gasteiger partial charge in [0.15, 0.2) is 16.6 Å². The van der Waals surface area contributed by atoms with Gasteiger partial charge in [-0.1, -0.05) is 41.5 Å². The fraction of sp³-hybridized carbons (Fsp3) is 0.692. The van der Waals surface area contributed by atoms with Crippen LogP contribution in [-0.4, -0.2) is 66.0 Å². The number of hydrogen-bond donors (Lipinski definition) is 2. The zero-order valence-electron chi connectivity index (χ0n) is 33.2. The summed E-state index contributed by atoms with van der Waals surface area (Å²) >= 11 is 0. The lowest BCUT2D eigenvalue weighted by Gasteiger charge is -2.37. The first-order valence-electron chi connectivity index (χ1n) is 19.3. The monoisotopic (exact) mass is 750 g/mol. The van der Waals surface area contributed by atoms with E-state index in [9.17, 15) is 10.1 Å². The van der Waals surface area contributed by atoms with E-state index in [2.05, 4.69) is 82.4 Å². The van der Waals surface area contributed by atoms with Gasteiger partial charge in [-0.15, -0.1) is 0 Å². The number of nitriles is 1. The molecule has 0 aromatic carbocycles. The minimum absolute atomic E-state index is 0.0553. The summed E-state index contributed by atoms with van der Waals surface area (Å²) < 4.78 is 24.8. The smallest absolute Gasteiger partial charge is 0.328 e. The van der Waals surface area contributed by atoms with Crippen LogP contribution in [0.4, 0.5) is 22.1 Å². The number of fused-ring (bicyclic) bond motifs is 3. The van der Waals surface area contributed by atoms with E-state index in [0.717, 1.165) is 48.7 Å². The van der Waals surface area contributed by atoms with E-state index >= 15 is 0 Å². The van der Waals surface area contributed by atoms with Crippen LogP contribution in [-0.2, 0) is 31.4 Å². The first-order valence-corrected chi connectivity index (χ1v) is 24.8. The summed E-state index contributed by atoms with van der Waals surface area (Å²) in [7, 11) is -0.597. The van der Waals surface area contributed by atoms with Crippen LogP contribution in [0.25, 0.3) is 0 Å². The quantitative estimate of drug-likeness (QED) is 0.135. The number of aromatic nitrogens is 2. The molecule has 0 saturated heterocycles. The van der Waals surface area contributed by atoms with Crippen LogP contribution in [0.3, 0.4) is 0 Å². The molecule has 2 fully saturated rings. The number of pyridine rings is 2. The standard InChI is InChI=1S/C39H62N6O5Si2/c1-11-52(12-2,13-3)50-25-31-26-16-17-27(19-26)34(31)42-32-21-33(41-23-30(32)22-40)43-38(46)45-18-14-15-28-20-29(24-49-51(9,10)39(4,5)6)35(44-36(28)45)37(47-7)48-8/h20-21,23,26-27,31,34,37H,11-19,24-25H2,1-10H3,(H2,41,42,43,46)/t26-,27+,31+,34-/m1/s1. The number of ether oxygens (including phenoxy) is 2. The summed E-state index contributed by atoms with van der Waals surface area (Å²) in [6.45, 7) is 19.6. The van der Waals surface area contributed by atoms with Crippen molar-refractivity contribution < 1.29 is 23.1 Å². The van der Waals surface area contributed by atoms with Gasteiger partial charge in [0.05, 0.1) is 17.9 Å². The van der Waals surface area contributed by atoms with Gasteiger partial charge >= 0.3 is 6.03 Å². The van der Waals surface area contributed by atoms with E-state index in [4.69, 9.17) is 23.3 Å². The summed E-state index contributed by atoms with van der Waals surface area (Å²) in [5, 5.41) is 16.9. The molecule has 2 N–H and O–H groups in total. The minimum atomic E-state index is -2.05. The highest BCUT2D eigenvalue weighted by atomic mass is 28.4. The van der Waals surface area contributed by atoms with E-state index < -0.39 is 22.9 Å². The van der Waals surface area contributed by atoms with Crippen molar-refractivity contribution in [3.8, 4) is 6.07 Å². The van der Waals surface area contributed by atoms with Crippen molar-refractivity contribution in [1.29, 1.82) is 5.26 Å². The molecule has 5 rings (SSSR count). The van der Waals surface area contributed by atoms with Crippen molar-refractivity contribution in [2.24, 2.45) is 17.8 Å². The van der Waals surface area contributed by atoms with E-state index in [1.807, 2.05) is 0 Å². The number of aryl methyl sites for hydroxylation is 1. The Morgan fingerprint density at radius 2 is 1.77 bits per heavy atom.